The monoisotopic (exact) mass is 294 g/mol. The highest BCUT2D eigenvalue weighted by Gasteiger charge is 2.24. The normalized spacial score (nSPS) is 21.4. The van der Waals surface area contributed by atoms with Gasteiger partial charge in [-0.05, 0) is 32.6 Å². The second-order valence-corrected chi connectivity index (χ2v) is 4.97. The molecule has 1 aromatic rings. The SMILES string of the molecule is CCNC(=O)NC1CCC(Oc2nccnc2OC)CC1. The Morgan fingerprint density at radius 2 is 1.90 bits per heavy atom. The van der Waals surface area contributed by atoms with E-state index in [2.05, 4.69) is 20.6 Å². The third kappa shape index (κ3) is 4.47. The van der Waals surface area contributed by atoms with Gasteiger partial charge in [0, 0.05) is 25.0 Å². The molecule has 0 spiro atoms. The summed E-state index contributed by atoms with van der Waals surface area (Å²) < 4.78 is 11.0. The van der Waals surface area contributed by atoms with E-state index in [0.717, 1.165) is 25.7 Å². The molecule has 0 aliphatic heterocycles. The average Bonchev–Trinajstić information content (AvgIpc) is 2.50. The number of urea groups is 1. The Labute approximate surface area is 124 Å². The van der Waals surface area contributed by atoms with Gasteiger partial charge in [-0.1, -0.05) is 0 Å². The van der Waals surface area contributed by atoms with Crippen LogP contribution in [0.25, 0.3) is 0 Å². The van der Waals surface area contributed by atoms with Crippen LogP contribution < -0.4 is 20.1 Å². The van der Waals surface area contributed by atoms with Crippen LogP contribution in [0.1, 0.15) is 32.6 Å². The minimum absolute atomic E-state index is 0.0860. The highest BCUT2D eigenvalue weighted by molar-refractivity contribution is 5.74. The van der Waals surface area contributed by atoms with Crippen molar-refractivity contribution in [1.82, 2.24) is 20.6 Å². The standard InChI is InChI=1S/C14H22N4O3/c1-3-15-14(19)18-10-4-6-11(7-5-10)21-13-12(20-2)16-8-9-17-13/h8-11H,3-7H2,1-2H3,(H2,15,18,19). The predicted octanol–water partition coefficient (Wildman–Crippen LogP) is 1.49. The highest BCUT2D eigenvalue weighted by Crippen LogP contribution is 2.26. The molecule has 2 N–H and O–H groups in total. The predicted molar refractivity (Wildman–Crippen MR) is 77.5 cm³/mol. The third-order valence-corrected chi connectivity index (χ3v) is 3.45. The summed E-state index contributed by atoms with van der Waals surface area (Å²) >= 11 is 0. The lowest BCUT2D eigenvalue weighted by Gasteiger charge is -2.29. The van der Waals surface area contributed by atoms with Crippen molar-refractivity contribution in [3.8, 4) is 11.8 Å². The van der Waals surface area contributed by atoms with Crippen molar-refractivity contribution in [2.45, 2.75) is 44.8 Å². The lowest BCUT2D eigenvalue weighted by atomic mass is 9.93. The molecule has 0 unspecified atom stereocenters. The summed E-state index contributed by atoms with van der Waals surface area (Å²) in [4.78, 5) is 19.7. The van der Waals surface area contributed by atoms with Crippen LogP contribution >= 0.6 is 0 Å². The summed E-state index contributed by atoms with van der Waals surface area (Å²) in [5.41, 5.74) is 0. The number of hydrogen-bond acceptors (Lipinski definition) is 5. The van der Waals surface area contributed by atoms with Crippen LogP contribution in [-0.2, 0) is 0 Å². The van der Waals surface area contributed by atoms with E-state index in [1.807, 2.05) is 6.92 Å². The molecule has 2 rings (SSSR count). The minimum atomic E-state index is -0.0996. The quantitative estimate of drug-likeness (QED) is 0.859. The summed E-state index contributed by atoms with van der Waals surface area (Å²) in [6.45, 7) is 2.54. The van der Waals surface area contributed by atoms with Crippen molar-refractivity contribution in [3.63, 3.8) is 0 Å². The second kappa shape index (κ2) is 7.66. The number of amides is 2. The van der Waals surface area contributed by atoms with Gasteiger partial charge in [-0.2, -0.15) is 0 Å². The van der Waals surface area contributed by atoms with Gasteiger partial charge in [-0.15, -0.1) is 0 Å². The van der Waals surface area contributed by atoms with Gasteiger partial charge in [-0.25, -0.2) is 14.8 Å². The van der Waals surface area contributed by atoms with Crippen LogP contribution in [-0.4, -0.2) is 41.8 Å². The molecular formula is C14H22N4O3. The van der Waals surface area contributed by atoms with Crippen molar-refractivity contribution in [2.75, 3.05) is 13.7 Å². The zero-order valence-corrected chi connectivity index (χ0v) is 12.5. The Morgan fingerprint density at radius 3 is 2.52 bits per heavy atom. The van der Waals surface area contributed by atoms with Crippen LogP contribution in [0, 0.1) is 0 Å². The molecule has 0 atom stereocenters. The van der Waals surface area contributed by atoms with E-state index < -0.39 is 0 Å². The molecule has 1 aliphatic rings. The van der Waals surface area contributed by atoms with E-state index in [4.69, 9.17) is 9.47 Å². The number of methoxy groups -OCH3 is 1. The number of carbonyl (C=O) groups is 1. The molecule has 0 radical (unpaired) electrons. The molecule has 21 heavy (non-hydrogen) atoms. The van der Waals surface area contributed by atoms with Gasteiger partial charge in [0.15, 0.2) is 0 Å². The Hall–Kier alpha value is -2.05. The van der Waals surface area contributed by atoms with E-state index in [0.29, 0.717) is 18.3 Å². The van der Waals surface area contributed by atoms with Gasteiger partial charge in [0.2, 0.25) is 0 Å². The molecule has 116 valence electrons. The third-order valence-electron chi connectivity index (χ3n) is 3.45. The number of nitrogens with one attached hydrogen (secondary N) is 2. The number of nitrogens with zero attached hydrogens (tertiary/aromatic N) is 2. The number of carbonyl (C=O) groups excluding carboxylic acids is 1. The molecule has 1 aromatic heterocycles. The summed E-state index contributed by atoms with van der Waals surface area (Å²) in [6.07, 6.45) is 6.77. The molecule has 1 fully saturated rings. The fraction of sp³-hybridized carbons (Fsp3) is 0.643. The van der Waals surface area contributed by atoms with Gasteiger partial charge < -0.3 is 20.1 Å². The molecule has 1 aliphatic carbocycles. The second-order valence-electron chi connectivity index (χ2n) is 4.97. The van der Waals surface area contributed by atoms with E-state index >= 15 is 0 Å². The molecular weight excluding hydrogens is 272 g/mol. The maximum Gasteiger partial charge on any atom is 0.314 e. The van der Waals surface area contributed by atoms with Gasteiger partial charge in [0.1, 0.15) is 6.10 Å². The molecule has 0 bridgehead atoms. The van der Waals surface area contributed by atoms with Gasteiger partial charge >= 0.3 is 6.03 Å². The topological polar surface area (TPSA) is 85.4 Å². The zero-order chi connectivity index (χ0) is 15.1. The minimum Gasteiger partial charge on any atom is -0.477 e. The Kier molecular flexibility index (Phi) is 5.59. The lowest BCUT2D eigenvalue weighted by Crippen LogP contribution is -2.44. The molecule has 7 nitrogen and oxygen atoms in total. The summed E-state index contributed by atoms with van der Waals surface area (Å²) in [6, 6.07) is 0.109. The van der Waals surface area contributed by atoms with Crippen LogP contribution in [0.3, 0.4) is 0 Å². The molecule has 1 heterocycles. The molecule has 1 saturated carbocycles. The first kappa shape index (κ1) is 15.3. The van der Waals surface area contributed by atoms with Crippen molar-refractivity contribution in [1.29, 1.82) is 0 Å². The van der Waals surface area contributed by atoms with Crippen molar-refractivity contribution >= 4 is 6.03 Å². The largest absolute Gasteiger partial charge is 0.477 e. The Morgan fingerprint density at radius 1 is 1.24 bits per heavy atom. The molecule has 2 amide bonds. The lowest BCUT2D eigenvalue weighted by molar-refractivity contribution is 0.129. The van der Waals surface area contributed by atoms with Crippen LogP contribution in [0.2, 0.25) is 0 Å². The Balaban J connectivity index is 1.80. The molecule has 0 aromatic carbocycles. The first-order chi connectivity index (χ1) is 10.2. The van der Waals surface area contributed by atoms with Crippen molar-refractivity contribution in [2.24, 2.45) is 0 Å². The molecule has 7 heteroatoms. The molecule has 0 saturated heterocycles. The van der Waals surface area contributed by atoms with E-state index in [9.17, 15) is 4.79 Å². The maximum atomic E-state index is 11.5. The van der Waals surface area contributed by atoms with Crippen molar-refractivity contribution < 1.29 is 14.3 Å². The zero-order valence-electron chi connectivity index (χ0n) is 12.5. The summed E-state index contributed by atoms with van der Waals surface area (Å²) in [5.74, 6) is 0.834. The average molecular weight is 294 g/mol. The number of aromatic nitrogens is 2. The fourth-order valence-electron chi connectivity index (χ4n) is 2.41. The first-order valence-corrected chi connectivity index (χ1v) is 7.29. The van der Waals surface area contributed by atoms with Gasteiger partial charge in [0.05, 0.1) is 7.11 Å². The van der Waals surface area contributed by atoms with Gasteiger partial charge in [-0.3, -0.25) is 0 Å². The van der Waals surface area contributed by atoms with E-state index in [1.165, 1.54) is 0 Å². The summed E-state index contributed by atoms with van der Waals surface area (Å²) in [5, 5.41) is 5.71. The van der Waals surface area contributed by atoms with Crippen LogP contribution in [0.5, 0.6) is 11.8 Å². The number of ether oxygens (including phenoxy) is 2. The summed E-state index contributed by atoms with van der Waals surface area (Å²) in [7, 11) is 1.55. The highest BCUT2D eigenvalue weighted by atomic mass is 16.5. The van der Waals surface area contributed by atoms with Gasteiger partial charge in [0.25, 0.3) is 11.8 Å². The number of rotatable bonds is 5. The van der Waals surface area contributed by atoms with Crippen LogP contribution in [0.4, 0.5) is 4.79 Å². The maximum absolute atomic E-state index is 11.5. The van der Waals surface area contributed by atoms with E-state index in [-0.39, 0.29) is 18.2 Å². The van der Waals surface area contributed by atoms with Crippen LogP contribution in [0.15, 0.2) is 12.4 Å². The van der Waals surface area contributed by atoms with Crippen molar-refractivity contribution in [3.05, 3.63) is 12.4 Å². The van der Waals surface area contributed by atoms with E-state index in [1.54, 1.807) is 19.5 Å². The smallest absolute Gasteiger partial charge is 0.314 e. The fourth-order valence-corrected chi connectivity index (χ4v) is 2.41. The first-order valence-electron chi connectivity index (χ1n) is 7.29. The number of hydrogen-bond donors (Lipinski definition) is 2. The Bertz CT molecular complexity index is 461.